The van der Waals surface area contributed by atoms with Gasteiger partial charge in [-0.15, -0.1) is 0 Å². The fourth-order valence-corrected chi connectivity index (χ4v) is 1.00. The van der Waals surface area contributed by atoms with E-state index in [-0.39, 0.29) is 17.9 Å². The Hall–Kier alpha value is -1.71. The number of aldehydes is 1. The molecule has 0 aromatic heterocycles. The maximum absolute atomic E-state index is 13.1. The largest absolute Gasteiger partial charge is 0.482 e. The Morgan fingerprint density at radius 1 is 1.36 bits per heavy atom. The second kappa shape index (κ2) is 4.50. The molecule has 0 spiro atoms. The van der Waals surface area contributed by atoms with Gasteiger partial charge in [0.15, 0.2) is 17.9 Å². The van der Waals surface area contributed by atoms with Crippen molar-refractivity contribution >= 4 is 12.4 Å². The molecule has 0 saturated heterocycles. The Kier molecular flexibility index (Phi) is 3.34. The molecule has 14 heavy (non-hydrogen) atoms. The first-order chi connectivity index (χ1) is 6.70. The van der Waals surface area contributed by atoms with Gasteiger partial charge in [-0.25, -0.2) is 8.78 Å². The van der Waals surface area contributed by atoms with Gasteiger partial charge in [0.2, 0.25) is 0 Å². The number of benzene rings is 1. The van der Waals surface area contributed by atoms with Gasteiger partial charge in [-0.05, 0) is 12.1 Å². The lowest BCUT2D eigenvalue weighted by Crippen LogP contribution is -2.02. The molecule has 1 aromatic rings. The lowest BCUT2D eigenvalue weighted by molar-refractivity contribution is -0.109. The molecule has 2 nitrogen and oxygen atoms in total. The van der Waals surface area contributed by atoms with Crippen molar-refractivity contribution in [1.82, 2.24) is 0 Å². The molecule has 0 bridgehead atoms. The highest BCUT2D eigenvalue weighted by Crippen LogP contribution is 2.26. The highest BCUT2D eigenvalue weighted by atomic mass is 19.1. The summed E-state index contributed by atoms with van der Waals surface area (Å²) in [7, 11) is 0. The molecule has 0 aliphatic rings. The Morgan fingerprint density at radius 3 is 2.57 bits per heavy atom. The van der Waals surface area contributed by atoms with Gasteiger partial charge in [-0.2, -0.15) is 0 Å². The summed E-state index contributed by atoms with van der Waals surface area (Å²) < 4.78 is 30.9. The molecule has 0 aliphatic carbocycles. The quantitative estimate of drug-likeness (QED) is 0.693. The van der Waals surface area contributed by atoms with Gasteiger partial charge < -0.3 is 4.74 Å². The topological polar surface area (TPSA) is 26.3 Å². The lowest BCUT2D eigenvalue weighted by atomic mass is 10.2. The standard InChI is InChI=1S/C10H8F2O2/c1-2-7-8(11)3-4-9(12)10(7)14-6-5-13/h2-5H,1,6H2. The Labute approximate surface area is 79.8 Å². The van der Waals surface area contributed by atoms with Crippen molar-refractivity contribution in [2.45, 2.75) is 0 Å². The van der Waals surface area contributed by atoms with Crippen molar-refractivity contribution in [3.63, 3.8) is 0 Å². The first-order valence-corrected chi connectivity index (χ1v) is 3.87. The van der Waals surface area contributed by atoms with E-state index in [2.05, 4.69) is 6.58 Å². The smallest absolute Gasteiger partial charge is 0.165 e. The molecule has 0 N–H and O–H groups in total. The molecule has 0 atom stereocenters. The van der Waals surface area contributed by atoms with Gasteiger partial charge in [0.05, 0.1) is 5.56 Å². The van der Waals surface area contributed by atoms with E-state index < -0.39 is 11.6 Å². The summed E-state index contributed by atoms with van der Waals surface area (Å²) >= 11 is 0. The van der Waals surface area contributed by atoms with Crippen LogP contribution in [-0.4, -0.2) is 12.9 Å². The van der Waals surface area contributed by atoms with Crippen molar-refractivity contribution in [3.8, 4) is 5.75 Å². The summed E-state index contributed by atoms with van der Waals surface area (Å²) in [5, 5.41) is 0. The molecule has 0 unspecified atom stereocenters. The number of hydrogen-bond donors (Lipinski definition) is 0. The number of carbonyl (C=O) groups excluding carboxylic acids is 1. The van der Waals surface area contributed by atoms with E-state index in [0.717, 1.165) is 18.2 Å². The van der Waals surface area contributed by atoms with Crippen molar-refractivity contribution in [2.24, 2.45) is 0 Å². The van der Waals surface area contributed by atoms with Crippen molar-refractivity contribution in [1.29, 1.82) is 0 Å². The third kappa shape index (κ3) is 1.96. The summed E-state index contributed by atoms with van der Waals surface area (Å²) in [5.74, 6) is -1.64. The van der Waals surface area contributed by atoms with Crippen LogP contribution in [0.15, 0.2) is 18.7 Å². The molecule has 0 fully saturated rings. The van der Waals surface area contributed by atoms with Gasteiger partial charge in [-0.1, -0.05) is 12.7 Å². The minimum atomic E-state index is -0.719. The summed E-state index contributed by atoms with van der Waals surface area (Å²) in [6.45, 7) is 3.01. The molecule has 1 aromatic carbocycles. The van der Waals surface area contributed by atoms with Gasteiger partial charge in [0.25, 0.3) is 0 Å². The van der Waals surface area contributed by atoms with Crippen LogP contribution >= 0.6 is 0 Å². The van der Waals surface area contributed by atoms with Crippen LogP contribution in [-0.2, 0) is 4.79 Å². The minimum Gasteiger partial charge on any atom is -0.482 e. The Balaban J connectivity index is 3.15. The van der Waals surface area contributed by atoms with Gasteiger partial charge in [0.1, 0.15) is 12.4 Å². The molecule has 74 valence electrons. The zero-order valence-corrected chi connectivity index (χ0v) is 7.30. The molecule has 0 aliphatic heterocycles. The van der Waals surface area contributed by atoms with Crippen LogP contribution in [0.4, 0.5) is 8.78 Å². The third-order valence-electron chi connectivity index (χ3n) is 1.59. The summed E-state index contributed by atoms with van der Waals surface area (Å²) in [5.41, 5.74) is -0.0770. The van der Waals surface area contributed by atoms with Crippen LogP contribution in [0.25, 0.3) is 6.08 Å². The molecule has 4 heteroatoms. The predicted octanol–water partition coefficient (Wildman–Crippen LogP) is 2.19. The van der Waals surface area contributed by atoms with Crippen LogP contribution in [0.5, 0.6) is 5.75 Å². The maximum atomic E-state index is 13.1. The van der Waals surface area contributed by atoms with Crippen LogP contribution in [0.3, 0.4) is 0 Å². The molecule has 0 amide bonds. The van der Waals surface area contributed by atoms with Gasteiger partial charge in [0, 0.05) is 0 Å². The number of hydrogen-bond acceptors (Lipinski definition) is 2. The summed E-state index contributed by atoms with van der Waals surface area (Å²) in [4.78, 5) is 10.0. The minimum absolute atomic E-state index is 0.0770. The highest BCUT2D eigenvalue weighted by Gasteiger charge is 2.12. The monoisotopic (exact) mass is 198 g/mol. The zero-order valence-electron chi connectivity index (χ0n) is 7.30. The second-order valence-corrected chi connectivity index (χ2v) is 2.45. The molecule has 0 heterocycles. The average Bonchev–Trinajstić information content (AvgIpc) is 2.19. The highest BCUT2D eigenvalue weighted by molar-refractivity contribution is 5.58. The van der Waals surface area contributed by atoms with E-state index in [4.69, 9.17) is 4.74 Å². The number of carbonyl (C=O) groups is 1. The number of ether oxygens (including phenoxy) is 1. The molecule has 0 radical (unpaired) electrons. The summed E-state index contributed by atoms with van der Waals surface area (Å²) in [6, 6.07) is 1.91. The summed E-state index contributed by atoms with van der Waals surface area (Å²) in [6.07, 6.45) is 1.59. The number of rotatable bonds is 4. The molecular weight excluding hydrogens is 190 g/mol. The average molecular weight is 198 g/mol. The molecular formula is C10H8F2O2. The van der Waals surface area contributed by atoms with Crippen LogP contribution < -0.4 is 4.74 Å². The normalized spacial score (nSPS) is 9.57. The SMILES string of the molecule is C=Cc1c(F)ccc(F)c1OCC=O. The maximum Gasteiger partial charge on any atom is 0.165 e. The zero-order chi connectivity index (χ0) is 10.6. The predicted molar refractivity (Wildman–Crippen MR) is 48.0 cm³/mol. The number of halogens is 2. The molecule has 0 saturated carbocycles. The third-order valence-corrected chi connectivity index (χ3v) is 1.59. The Bertz CT molecular complexity index is 361. The van der Waals surface area contributed by atoms with E-state index in [1.54, 1.807) is 0 Å². The van der Waals surface area contributed by atoms with E-state index in [0.29, 0.717) is 6.29 Å². The van der Waals surface area contributed by atoms with Crippen molar-refractivity contribution in [2.75, 3.05) is 6.61 Å². The van der Waals surface area contributed by atoms with E-state index in [1.807, 2.05) is 0 Å². The Morgan fingerprint density at radius 2 is 2.00 bits per heavy atom. The van der Waals surface area contributed by atoms with Crippen LogP contribution in [0.2, 0.25) is 0 Å². The fourth-order valence-electron chi connectivity index (χ4n) is 1.00. The van der Waals surface area contributed by atoms with E-state index in [9.17, 15) is 13.6 Å². The molecule has 1 rings (SSSR count). The second-order valence-electron chi connectivity index (χ2n) is 2.45. The first kappa shape index (κ1) is 10.4. The van der Waals surface area contributed by atoms with E-state index in [1.165, 1.54) is 0 Å². The van der Waals surface area contributed by atoms with Crippen LogP contribution in [0.1, 0.15) is 5.56 Å². The van der Waals surface area contributed by atoms with E-state index >= 15 is 0 Å². The lowest BCUT2D eigenvalue weighted by Gasteiger charge is -2.07. The van der Waals surface area contributed by atoms with Crippen LogP contribution in [0, 0.1) is 11.6 Å². The van der Waals surface area contributed by atoms with Gasteiger partial charge >= 0.3 is 0 Å². The van der Waals surface area contributed by atoms with Crippen molar-refractivity contribution < 1.29 is 18.3 Å². The van der Waals surface area contributed by atoms with Gasteiger partial charge in [-0.3, -0.25) is 4.79 Å². The fraction of sp³-hybridized carbons (Fsp3) is 0.100. The van der Waals surface area contributed by atoms with Crippen molar-refractivity contribution in [3.05, 3.63) is 35.9 Å². The first-order valence-electron chi connectivity index (χ1n) is 3.87.